The molecule has 0 saturated heterocycles. The van der Waals surface area contributed by atoms with Crippen molar-refractivity contribution in [3.63, 3.8) is 0 Å². The van der Waals surface area contributed by atoms with Crippen molar-refractivity contribution in [2.45, 2.75) is 5.09 Å². The second kappa shape index (κ2) is 5.03. The summed E-state index contributed by atoms with van der Waals surface area (Å²) in [5, 5.41) is 10.3. The smallest absolute Gasteiger partial charge is 0.171 e. The lowest BCUT2D eigenvalue weighted by Gasteiger charge is -2.01. The van der Waals surface area contributed by atoms with Crippen molar-refractivity contribution in [2.75, 3.05) is 6.26 Å². The lowest BCUT2D eigenvalue weighted by Crippen LogP contribution is -1.80. The van der Waals surface area contributed by atoms with Crippen molar-refractivity contribution >= 4 is 22.7 Å². The summed E-state index contributed by atoms with van der Waals surface area (Å²) >= 11 is 1.44. The zero-order valence-corrected chi connectivity index (χ0v) is 11.5. The predicted octanol–water partition coefficient (Wildman–Crippen LogP) is 4.83. The lowest BCUT2D eigenvalue weighted by atomic mass is 10.0. The fraction of sp³-hybridized carbons (Fsp3) is 0.0625. The summed E-state index contributed by atoms with van der Waals surface area (Å²) < 4.78 is 19.4. The number of thioether (sulfide) groups is 1. The molecule has 0 unspecified atom stereocenters. The van der Waals surface area contributed by atoms with E-state index in [1.807, 2.05) is 24.5 Å². The van der Waals surface area contributed by atoms with Crippen LogP contribution in [0.5, 0.6) is 0 Å². The number of nitriles is 1. The molecule has 3 aromatic rings. The molecule has 0 aliphatic carbocycles. The first-order chi connectivity index (χ1) is 9.74. The number of benzene rings is 2. The number of hydrogen-bond donors (Lipinski definition) is 0. The van der Waals surface area contributed by atoms with E-state index in [-0.39, 0.29) is 11.4 Å². The summed E-state index contributed by atoms with van der Waals surface area (Å²) in [5.41, 5.74) is 2.66. The molecule has 0 radical (unpaired) electrons. The maximum Gasteiger partial charge on any atom is 0.171 e. The van der Waals surface area contributed by atoms with Crippen LogP contribution in [-0.2, 0) is 0 Å². The Morgan fingerprint density at radius 1 is 1.15 bits per heavy atom. The Kier molecular flexibility index (Phi) is 3.21. The highest BCUT2D eigenvalue weighted by Crippen LogP contribution is 2.40. The summed E-state index contributed by atoms with van der Waals surface area (Å²) in [6.45, 7) is 0. The van der Waals surface area contributed by atoms with Crippen molar-refractivity contribution in [1.29, 1.82) is 5.26 Å². The second-order valence-corrected chi connectivity index (χ2v) is 5.05. The van der Waals surface area contributed by atoms with Gasteiger partial charge in [-0.2, -0.15) is 5.26 Å². The van der Waals surface area contributed by atoms with Gasteiger partial charge in [0.15, 0.2) is 16.5 Å². The minimum atomic E-state index is -0.363. The molecule has 2 nitrogen and oxygen atoms in total. The molecular weight excluding hydrogens is 273 g/mol. The third kappa shape index (κ3) is 1.97. The van der Waals surface area contributed by atoms with Gasteiger partial charge in [0.2, 0.25) is 0 Å². The summed E-state index contributed by atoms with van der Waals surface area (Å²) in [5.74, 6) is -0.363. The number of para-hydroxylation sites is 1. The van der Waals surface area contributed by atoms with Crippen molar-refractivity contribution in [2.24, 2.45) is 0 Å². The number of nitrogens with zero attached hydrogens (tertiary/aromatic N) is 1. The number of rotatable bonds is 2. The van der Waals surface area contributed by atoms with E-state index < -0.39 is 0 Å². The number of furan rings is 1. The maximum atomic E-state index is 13.8. The lowest BCUT2D eigenvalue weighted by molar-refractivity contribution is 0.493. The van der Waals surface area contributed by atoms with E-state index in [9.17, 15) is 4.39 Å². The Morgan fingerprint density at radius 2 is 1.90 bits per heavy atom. The van der Waals surface area contributed by atoms with Crippen molar-refractivity contribution in [1.82, 2.24) is 0 Å². The van der Waals surface area contributed by atoms with Crippen molar-refractivity contribution < 1.29 is 8.81 Å². The van der Waals surface area contributed by atoms with Gasteiger partial charge in [0.1, 0.15) is 0 Å². The van der Waals surface area contributed by atoms with Crippen LogP contribution in [-0.4, -0.2) is 6.26 Å². The van der Waals surface area contributed by atoms with E-state index in [4.69, 9.17) is 9.68 Å². The molecule has 0 aliphatic heterocycles. The molecule has 1 heterocycles. The molecular formula is C16H10FNOS. The zero-order valence-electron chi connectivity index (χ0n) is 10.7. The van der Waals surface area contributed by atoms with Gasteiger partial charge in [-0.15, -0.1) is 0 Å². The standard InChI is InChI=1S/C16H10FNOS/c1-20-16-14(11-7-5-10(9-18)6-8-11)12-3-2-4-13(17)15(12)19-16/h2-8H,1H3. The largest absolute Gasteiger partial charge is 0.446 e. The van der Waals surface area contributed by atoms with E-state index >= 15 is 0 Å². The minimum Gasteiger partial charge on any atom is -0.446 e. The van der Waals surface area contributed by atoms with Crippen molar-refractivity contribution in [3.8, 4) is 17.2 Å². The van der Waals surface area contributed by atoms with E-state index in [1.54, 1.807) is 18.2 Å². The molecule has 98 valence electrons. The third-order valence-electron chi connectivity index (χ3n) is 3.12. The Hall–Kier alpha value is -2.25. The molecule has 20 heavy (non-hydrogen) atoms. The van der Waals surface area contributed by atoms with Crippen molar-refractivity contribution in [3.05, 3.63) is 53.8 Å². The average molecular weight is 283 g/mol. The predicted molar refractivity (Wildman–Crippen MR) is 78.1 cm³/mol. The Bertz CT molecular complexity index is 815. The average Bonchev–Trinajstić information content (AvgIpc) is 2.87. The van der Waals surface area contributed by atoms with Crippen LogP contribution in [0.2, 0.25) is 0 Å². The Morgan fingerprint density at radius 3 is 2.55 bits per heavy atom. The molecule has 0 aliphatic rings. The summed E-state index contributed by atoms with van der Waals surface area (Å²) in [6.07, 6.45) is 1.89. The molecule has 4 heteroatoms. The third-order valence-corrected chi connectivity index (χ3v) is 3.78. The fourth-order valence-corrected chi connectivity index (χ4v) is 2.79. The molecule has 0 N–H and O–H groups in total. The van der Waals surface area contributed by atoms with Crippen LogP contribution >= 0.6 is 11.8 Å². The van der Waals surface area contributed by atoms with Crippen LogP contribution in [0.15, 0.2) is 52.0 Å². The Balaban J connectivity index is 2.28. The Labute approximate surface area is 119 Å². The van der Waals surface area contributed by atoms with Gasteiger partial charge in [-0.25, -0.2) is 4.39 Å². The highest BCUT2D eigenvalue weighted by atomic mass is 32.2. The zero-order chi connectivity index (χ0) is 14.1. The SMILES string of the molecule is CSc1oc2c(F)cccc2c1-c1ccc(C#N)cc1. The minimum absolute atomic E-state index is 0.274. The topological polar surface area (TPSA) is 36.9 Å². The van der Waals surface area contributed by atoms with E-state index in [2.05, 4.69) is 6.07 Å². The van der Waals surface area contributed by atoms with Gasteiger partial charge >= 0.3 is 0 Å². The van der Waals surface area contributed by atoms with E-state index in [0.29, 0.717) is 10.7 Å². The maximum absolute atomic E-state index is 13.8. The molecule has 3 rings (SSSR count). The molecule has 0 saturated carbocycles. The number of halogens is 1. The van der Waals surface area contributed by atoms with Gasteiger partial charge in [0, 0.05) is 10.9 Å². The van der Waals surface area contributed by atoms with Gasteiger partial charge in [-0.1, -0.05) is 36.0 Å². The quantitative estimate of drug-likeness (QED) is 0.632. The van der Waals surface area contributed by atoms with Crippen LogP contribution in [0.3, 0.4) is 0 Å². The highest BCUT2D eigenvalue weighted by Gasteiger charge is 2.17. The number of fused-ring (bicyclic) bond motifs is 1. The van der Waals surface area contributed by atoms with Crippen LogP contribution in [0, 0.1) is 17.1 Å². The molecule has 0 atom stereocenters. The summed E-state index contributed by atoms with van der Waals surface area (Å²) in [7, 11) is 0. The van der Waals surface area contributed by atoms with Gasteiger partial charge < -0.3 is 4.42 Å². The van der Waals surface area contributed by atoms with E-state index in [0.717, 1.165) is 16.5 Å². The van der Waals surface area contributed by atoms with Gasteiger partial charge in [-0.05, 0) is 30.0 Å². The molecule has 0 fully saturated rings. The van der Waals surface area contributed by atoms with Gasteiger partial charge in [0.05, 0.1) is 11.6 Å². The fourth-order valence-electron chi connectivity index (χ4n) is 2.19. The van der Waals surface area contributed by atoms with E-state index in [1.165, 1.54) is 17.8 Å². The van der Waals surface area contributed by atoms with Gasteiger partial charge in [-0.3, -0.25) is 0 Å². The number of hydrogen-bond acceptors (Lipinski definition) is 3. The van der Waals surface area contributed by atoms with Crippen LogP contribution < -0.4 is 0 Å². The second-order valence-electron chi connectivity index (χ2n) is 4.27. The summed E-state index contributed by atoms with van der Waals surface area (Å²) in [6, 6.07) is 14.2. The monoisotopic (exact) mass is 283 g/mol. The molecule has 2 aromatic carbocycles. The van der Waals surface area contributed by atoms with Crippen LogP contribution in [0.25, 0.3) is 22.1 Å². The molecule has 1 aromatic heterocycles. The molecule has 0 spiro atoms. The first kappa shape index (κ1) is 12.8. The van der Waals surface area contributed by atoms with Crippen LogP contribution in [0.4, 0.5) is 4.39 Å². The summed E-state index contributed by atoms with van der Waals surface area (Å²) in [4.78, 5) is 0. The normalized spacial score (nSPS) is 10.7. The highest BCUT2D eigenvalue weighted by molar-refractivity contribution is 7.98. The van der Waals surface area contributed by atoms with Crippen LogP contribution in [0.1, 0.15) is 5.56 Å². The first-order valence-corrected chi connectivity index (χ1v) is 7.22. The van der Waals surface area contributed by atoms with Gasteiger partial charge in [0.25, 0.3) is 0 Å². The molecule has 0 bridgehead atoms. The molecule has 0 amide bonds. The first-order valence-electron chi connectivity index (χ1n) is 6.00.